The Bertz CT molecular complexity index is 1340. The van der Waals surface area contributed by atoms with Crippen LogP contribution in [0.4, 0.5) is 8.78 Å². The fourth-order valence-electron chi connectivity index (χ4n) is 4.39. The highest BCUT2D eigenvalue weighted by Gasteiger charge is 2.37. The lowest BCUT2D eigenvalue weighted by Gasteiger charge is -2.29. The summed E-state index contributed by atoms with van der Waals surface area (Å²) in [4.78, 5) is 21.1. The molecule has 2 atom stereocenters. The lowest BCUT2D eigenvalue weighted by atomic mass is 9.96. The Hall–Kier alpha value is -2.89. The van der Waals surface area contributed by atoms with Gasteiger partial charge in [0.1, 0.15) is 5.75 Å². The topological polar surface area (TPSA) is 88.6 Å². The van der Waals surface area contributed by atoms with Gasteiger partial charge in [0.25, 0.3) is 5.91 Å². The van der Waals surface area contributed by atoms with E-state index in [0.717, 1.165) is 34.4 Å². The Morgan fingerprint density at radius 1 is 1.16 bits per heavy atom. The van der Waals surface area contributed by atoms with E-state index in [1.54, 1.807) is 36.4 Å². The van der Waals surface area contributed by atoms with Crippen LogP contribution in [-0.4, -0.2) is 37.1 Å². The molecule has 37 heavy (non-hydrogen) atoms. The molecule has 0 saturated carbocycles. The van der Waals surface area contributed by atoms with Gasteiger partial charge in [-0.3, -0.25) is 9.69 Å². The highest BCUT2D eigenvalue weighted by atomic mass is 32.2. The average Bonchev–Trinajstić information content (AvgIpc) is 3.40. The summed E-state index contributed by atoms with van der Waals surface area (Å²) in [6.45, 7) is 2.96. The van der Waals surface area contributed by atoms with Crippen LogP contribution in [0.25, 0.3) is 0 Å². The maximum absolute atomic E-state index is 12.8. The number of carbonyl (C=O) groups excluding carboxylic acids is 1. The van der Waals surface area contributed by atoms with Gasteiger partial charge >= 0.3 is 6.61 Å². The standard InChI is InChI=1S/C26H29F2N3O4S2/c1-4-16(2)23-22-21(15-31(23)14-18-5-9-19(10-6-18)35-26(27)28)36-25(30-22)24(32)29-13-17-7-11-20(12-8-17)37(3,33)34/h5-12,16,23,26H,4,13-15H2,1-3H3,(H,29,32)/t16-,23?/m0/s1. The minimum Gasteiger partial charge on any atom is -0.435 e. The molecule has 0 radical (unpaired) electrons. The van der Waals surface area contributed by atoms with Gasteiger partial charge in [0.2, 0.25) is 0 Å². The lowest BCUT2D eigenvalue weighted by molar-refractivity contribution is -0.0498. The van der Waals surface area contributed by atoms with E-state index >= 15 is 0 Å². The molecule has 11 heteroatoms. The predicted molar refractivity (Wildman–Crippen MR) is 137 cm³/mol. The van der Waals surface area contributed by atoms with Crippen molar-refractivity contribution in [1.29, 1.82) is 0 Å². The zero-order chi connectivity index (χ0) is 26.7. The normalized spacial score (nSPS) is 16.5. The third-order valence-corrected chi connectivity index (χ3v) is 8.65. The summed E-state index contributed by atoms with van der Waals surface area (Å²) < 4.78 is 52.6. The van der Waals surface area contributed by atoms with Crippen molar-refractivity contribution < 1.29 is 26.7 Å². The van der Waals surface area contributed by atoms with Gasteiger partial charge < -0.3 is 10.1 Å². The van der Waals surface area contributed by atoms with E-state index in [9.17, 15) is 22.0 Å². The molecule has 0 fully saturated rings. The van der Waals surface area contributed by atoms with Crippen LogP contribution in [0.3, 0.4) is 0 Å². The van der Waals surface area contributed by atoms with E-state index in [1.165, 1.54) is 23.5 Å². The van der Waals surface area contributed by atoms with Crippen LogP contribution in [-0.2, 0) is 29.5 Å². The van der Waals surface area contributed by atoms with Gasteiger partial charge in [-0.25, -0.2) is 13.4 Å². The van der Waals surface area contributed by atoms with Crippen molar-refractivity contribution >= 4 is 27.1 Å². The minimum atomic E-state index is -3.27. The molecule has 2 aromatic carbocycles. The van der Waals surface area contributed by atoms with Crippen molar-refractivity contribution in [3.63, 3.8) is 0 Å². The summed E-state index contributed by atoms with van der Waals surface area (Å²) in [5.41, 5.74) is 2.68. The molecule has 0 aliphatic carbocycles. The summed E-state index contributed by atoms with van der Waals surface area (Å²) >= 11 is 1.38. The van der Waals surface area contributed by atoms with Gasteiger partial charge in [0.15, 0.2) is 14.8 Å². The average molecular weight is 550 g/mol. The number of rotatable bonds is 10. The highest BCUT2D eigenvalue weighted by molar-refractivity contribution is 7.90. The van der Waals surface area contributed by atoms with Gasteiger partial charge in [-0.15, -0.1) is 11.3 Å². The lowest BCUT2D eigenvalue weighted by Crippen LogP contribution is -2.28. The van der Waals surface area contributed by atoms with E-state index in [1.807, 2.05) is 0 Å². The SMILES string of the molecule is CC[C@H](C)C1c2nc(C(=O)NCc3ccc(S(C)(=O)=O)cc3)sc2CN1Cc1ccc(OC(F)F)cc1. The van der Waals surface area contributed by atoms with Gasteiger partial charge in [0, 0.05) is 30.8 Å². The number of thiazole rings is 1. The molecular weight excluding hydrogens is 520 g/mol. The molecule has 1 aliphatic heterocycles. The van der Waals surface area contributed by atoms with Gasteiger partial charge in [-0.05, 0) is 41.3 Å². The molecule has 1 aromatic heterocycles. The molecule has 1 amide bonds. The molecule has 0 saturated heterocycles. The summed E-state index contributed by atoms with van der Waals surface area (Å²) in [6.07, 6.45) is 2.09. The molecular formula is C26H29F2N3O4S2. The highest BCUT2D eigenvalue weighted by Crippen LogP contribution is 2.42. The summed E-state index contributed by atoms with van der Waals surface area (Å²) in [5.74, 6) is 0.158. The van der Waals surface area contributed by atoms with E-state index in [2.05, 4.69) is 28.8 Å². The predicted octanol–water partition coefficient (Wildman–Crippen LogP) is 5.18. The Balaban J connectivity index is 1.43. The molecule has 1 aliphatic rings. The van der Waals surface area contributed by atoms with Crippen molar-refractivity contribution in [3.8, 4) is 5.75 Å². The van der Waals surface area contributed by atoms with Gasteiger partial charge in [-0.2, -0.15) is 8.78 Å². The van der Waals surface area contributed by atoms with Gasteiger partial charge in [-0.1, -0.05) is 44.5 Å². The zero-order valence-corrected chi connectivity index (χ0v) is 22.4. The minimum absolute atomic E-state index is 0.0401. The third-order valence-electron chi connectivity index (χ3n) is 6.46. The van der Waals surface area contributed by atoms with Gasteiger partial charge in [0.05, 0.1) is 16.6 Å². The molecule has 7 nitrogen and oxygen atoms in total. The van der Waals surface area contributed by atoms with Crippen LogP contribution < -0.4 is 10.1 Å². The van der Waals surface area contributed by atoms with Crippen molar-refractivity contribution in [2.45, 2.75) is 57.5 Å². The monoisotopic (exact) mass is 549 g/mol. The Labute approximate surface area is 219 Å². The van der Waals surface area contributed by atoms with Crippen LogP contribution in [0.1, 0.15) is 57.8 Å². The fraction of sp³-hybridized carbons (Fsp3) is 0.385. The first-order chi connectivity index (χ1) is 17.5. The molecule has 2 heterocycles. The molecule has 0 spiro atoms. The number of carbonyl (C=O) groups is 1. The number of alkyl halides is 2. The number of nitrogens with one attached hydrogen (secondary N) is 1. The van der Waals surface area contributed by atoms with E-state index in [4.69, 9.17) is 4.98 Å². The van der Waals surface area contributed by atoms with Crippen molar-refractivity contribution in [3.05, 3.63) is 75.2 Å². The second-order valence-corrected chi connectivity index (χ2v) is 12.3. The maximum Gasteiger partial charge on any atom is 0.387 e. The Morgan fingerprint density at radius 2 is 1.81 bits per heavy atom. The largest absolute Gasteiger partial charge is 0.435 e. The van der Waals surface area contributed by atoms with Crippen LogP contribution in [0.5, 0.6) is 5.75 Å². The summed E-state index contributed by atoms with van der Waals surface area (Å²) in [7, 11) is -3.27. The second kappa shape index (κ2) is 11.2. The summed E-state index contributed by atoms with van der Waals surface area (Å²) in [5, 5.41) is 3.27. The fourth-order valence-corrected chi connectivity index (χ4v) is 6.06. The number of hydrogen-bond acceptors (Lipinski definition) is 7. The molecule has 3 aromatic rings. The number of benzene rings is 2. The zero-order valence-electron chi connectivity index (χ0n) is 20.8. The Morgan fingerprint density at radius 3 is 2.41 bits per heavy atom. The van der Waals surface area contributed by atoms with Crippen LogP contribution in [0.15, 0.2) is 53.4 Å². The quantitative estimate of drug-likeness (QED) is 0.375. The first kappa shape index (κ1) is 27.2. The summed E-state index contributed by atoms with van der Waals surface area (Å²) in [6, 6.07) is 13.1. The molecule has 0 bridgehead atoms. The van der Waals surface area contributed by atoms with E-state index in [0.29, 0.717) is 24.0 Å². The number of halogens is 2. The first-order valence-corrected chi connectivity index (χ1v) is 14.6. The second-order valence-electron chi connectivity index (χ2n) is 9.18. The molecule has 198 valence electrons. The smallest absolute Gasteiger partial charge is 0.387 e. The number of nitrogens with zero attached hydrogens (tertiary/aromatic N) is 2. The number of aromatic nitrogens is 1. The van der Waals surface area contributed by atoms with Crippen LogP contribution in [0, 0.1) is 5.92 Å². The number of ether oxygens (including phenoxy) is 1. The first-order valence-electron chi connectivity index (χ1n) is 11.9. The van der Waals surface area contributed by atoms with Crippen molar-refractivity contribution in [1.82, 2.24) is 15.2 Å². The van der Waals surface area contributed by atoms with E-state index in [-0.39, 0.29) is 29.1 Å². The van der Waals surface area contributed by atoms with Crippen molar-refractivity contribution in [2.75, 3.05) is 6.26 Å². The molecule has 1 N–H and O–H groups in total. The van der Waals surface area contributed by atoms with Crippen LogP contribution in [0.2, 0.25) is 0 Å². The maximum atomic E-state index is 12.8. The number of fused-ring (bicyclic) bond motifs is 1. The number of amides is 1. The molecule has 4 rings (SSSR count). The Kier molecular flexibility index (Phi) is 8.25. The van der Waals surface area contributed by atoms with Crippen LogP contribution >= 0.6 is 11.3 Å². The number of hydrogen-bond donors (Lipinski definition) is 1. The van der Waals surface area contributed by atoms with E-state index < -0.39 is 16.4 Å². The third kappa shape index (κ3) is 6.52. The number of sulfone groups is 1. The van der Waals surface area contributed by atoms with Crippen molar-refractivity contribution in [2.24, 2.45) is 5.92 Å². The molecule has 1 unspecified atom stereocenters.